The summed E-state index contributed by atoms with van der Waals surface area (Å²) in [6.07, 6.45) is 5.76. The third-order valence-electron chi connectivity index (χ3n) is 5.86. The quantitative estimate of drug-likeness (QED) is 0.497. The number of para-hydroxylation sites is 1. The van der Waals surface area contributed by atoms with Crippen molar-refractivity contribution in [1.82, 2.24) is 0 Å². The molecule has 3 nitrogen and oxygen atoms in total. The van der Waals surface area contributed by atoms with Gasteiger partial charge in [0.2, 0.25) is 0 Å². The smallest absolute Gasteiger partial charge is 0.127 e. The molecule has 1 heterocycles. The number of anilines is 1. The highest BCUT2D eigenvalue weighted by atomic mass is 16.5. The van der Waals surface area contributed by atoms with Crippen LogP contribution < -0.4 is 14.8 Å². The van der Waals surface area contributed by atoms with Crippen molar-refractivity contribution >= 4 is 5.69 Å². The lowest BCUT2D eigenvalue weighted by Crippen LogP contribution is -2.29. The molecule has 0 fully saturated rings. The Morgan fingerprint density at radius 2 is 1.69 bits per heavy atom. The minimum Gasteiger partial charge on any atom is -0.494 e. The number of rotatable bonds is 5. The van der Waals surface area contributed by atoms with E-state index in [0.717, 1.165) is 23.7 Å². The van der Waals surface area contributed by atoms with Crippen LogP contribution in [0.5, 0.6) is 17.2 Å². The largest absolute Gasteiger partial charge is 0.494 e. The SMILES string of the molecule is CCOc1ccc(C2Nc3ccc(Oc4ccccc4)cc3C3C=CCC32)cc1. The number of allylic oxidation sites excluding steroid dienone is 2. The number of benzene rings is 3. The van der Waals surface area contributed by atoms with Crippen LogP contribution in [-0.4, -0.2) is 6.61 Å². The van der Waals surface area contributed by atoms with E-state index in [-0.39, 0.29) is 0 Å². The van der Waals surface area contributed by atoms with Crippen molar-refractivity contribution in [2.75, 3.05) is 11.9 Å². The van der Waals surface area contributed by atoms with Crippen LogP contribution in [0.4, 0.5) is 5.69 Å². The topological polar surface area (TPSA) is 30.5 Å². The Morgan fingerprint density at radius 3 is 2.48 bits per heavy atom. The molecule has 0 aromatic heterocycles. The standard InChI is InChI=1S/C26H25NO2/c1-2-28-19-13-11-18(12-14-19)26-23-10-6-9-22(23)24-17-21(15-16-25(24)27-26)29-20-7-4-3-5-8-20/h3-9,11-17,22-23,26-27H,2,10H2,1H3. The molecule has 5 rings (SSSR count). The summed E-state index contributed by atoms with van der Waals surface area (Å²) in [7, 11) is 0. The summed E-state index contributed by atoms with van der Waals surface area (Å²) >= 11 is 0. The van der Waals surface area contributed by atoms with Crippen LogP contribution in [0.1, 0.15) is 36.4 Å². The molecular formula is C26H25NO2. The number of hydrogen-bond acceptors (Lipinski definition) is 3. The van der Waals surface area contributed by atoms with Crippen molar-refractivity contribution in [3.8, 4) is 17.2 Å². The molecular weight excluding hydrogens is 358 g/mol. The van der Waals surface area contributed by atoms with E-state index in [1.54, 1.807) is 0 Å². The fraction of sp³-hybridized carbons (Fsp3) is 0.231. The number of hydrogen-bond donors (Lipinski definition) is 1. The van der Waals surface area contributed by atoms with Gasteiger partial charge in [-0.3, -0.25) is 0 Å². The molecule has 1 aliphatic heterocycles. The van der Waals surface area contributed by atoms with Gasteiger partial charge < -0.3 is 14.8 Å². The Bertz CT molecular complexity index is 1010. The van der Waals surface area contributed by atoms with Crippen molar-refractivity contribution in [2.24, 2.45) is 5.92 Å². The summed E-state index contributed by atoms with van der Waals surface area (Å²) in [4.78, 5) is 0. The molecule has 3 atom stereocenters. The molecule has 3 aromatic carbocycles. The van der Waals surface area contributed by atoms with Crippen LogP contribution in [0, 0.1) is 5.92 Å². The first kappa shape index (κ1) is 17.9. The first-order valence-corrected chi connectivity index (χ1v) is 10.3. The van der Waals surface area contributed by atoms with Crippen molar-refractivity contribution in [1.29, 1.82) is 0 Å². The normalized spacial score (nSPS) is 21.8. The molecule has 1 N–H and O–H groups in total. The average molecular weight is 383 g/mol. The molecule has 0 radical (unpaired) electrons. The van der Waals surface area contributed by atoms with Gasteiger partial charge in [-0.25, -0.2) is 0 Å². The van der Waals surface area contributed by atoms with E-state index in [9.17, 15) is 0 Å². The highest BCUT2D eigenvalue weighted by Crippen LogP contribution is 2.50. The van der Waals surface area contributed by atoms with Gasteiger partial charge in [0.1, 0.15) is 17.2 Å². The molecule has 146 valence electrons. The van der Waals surface area contributed by atoms with E-state index in [1.807, 2.05) is 43.3 Å². The van der Waals surface area contributed by atoms with Crippen LogP contribution >= 0.6 is 0 Å². The van der Waals surface area contributed by atoms with Crippen LogP contribution in [0.15, 0.2) is 84.9 Å². The molecule has 3 unspecified atom stereocenters. The fourth-order valence-electron chi connectivity index (χ4n) is 4.53. The molecule has 2 aliphatic rings. The Balaban J connectivity index is 1.43. The molecule has 1 aliphatic carbocycles. The van der Waals surface area contributed by atoms with Gasteiger partial charge in [-0.15, -0.1) is 0 Å². The minimum absolute atomic E-state index is 0.291. The Labute approximate surface area is 172 Å². The van der Waals surface area contributed by atoms with Gasteiger partial charge in [0.05, 0.1) is 12.6 Å². The van der Waals surface area contributed by atoms with Crippen LogP contribution in [0.2, 0.25) is 0 Å². The monoisotopic (exact) mass is 383 g/mol. The maximum atomic E-state index is 6.07. The molecule has 0 bridgehead atoms. The summed E-state index contributed by atoms with van der Waals surface area (Å²) in [5.74, 6) is 3.59. The van der Waals surface area contributed by atoms with Crippen LogP contribution in [0.25, 0.3) is 0 Å². The van der Waals surface area contributed by atoms with E-state index in [0.29, 0.717) is 24.5 Å². The van der Waals surface area contributed by atoms with Crippen molar-refractivity contribution in [2.45, 2.75) is 25.3 Å². The highest BCUT2D eigenvalue weighted by Gasteiger charge is 2.38. The molecule has 3 heteroatoms. The zero-order valence-corrected chi connectivity index (χ0v) is 16.5. The maximum absolute atomic E-state index is 6.07. The zero-order chi connectivity index (χ0) is 19.6. The lowest BCUT2D eigenvalue weighted by molar-refractivity contribution is 0.340. The molecule has 29 heavy (non-hydrogen) atoms. The van der Waals surface area contributed by atoms with E-state index in [2.05, 4.69) is 53.9 Å². The van der Waals surface area contributed by atoms with Crippen molar-refractivity contribution in [3.63, 3.8) is 0 Å². The van der Waals surface area contributed by atoms with Gasteiger partial charge in [0.25, 0.3) is 0 Å². The summed E-state index contributed by atoms with van der Waals surface area (Å²) in [5, 5.41) is 3.79. The maximum Gasteiger partial charge on any atom is 0.127 e. The first-order valence-electron chi connectivity index (χ1n) is 10.3. The molecule has 0 saturated heterocycles. The molecule has 0 spiro atoms. The summed E-state index contributed by atoms with van der Waals surface area (Å²) in [6, 6.07) is 25.2. The lowest BCUT2D eigenvalue weighted by atomic mass is 9.77. The Hall–Kier alpha value is -3.20. The Kier molecular flexibility index (Phi) is 4.73. The lowest BCUT2D eigenvalue weighted by Gasteiger charge is -2.37. The zero-order valence-electron chi connectivity index (χ0n) is 16.5. The van der Waals surface area contributed by atoms with Crippen molar-refractivity contribution in [3.05, 3.63) is 96.1 Å². The van der Waals surface area contributed by atoms with Gasteiger partial charge >= 0.3 is 0 Å². The first-order chi connectivity index (χ1) is 14.3. The third kappa shape index (κ3) is 3.49. The highest BCUT2D eigenvalue weighted by molar-refractivity contribution is 5.62. The van der Waals surface area contributed by atoms with Gasteiger partial charge in [0.15, 0.2) is 0 Å². The second-order valence-corrected chi connectivity index (χ2v) is 7.64. The van der Waals surface area contributed by atoms with E-state index in [1.165, 1.54) is 16.8 Å². The van der Waals surface area contributed by atoms with Gasteiger partial charge in [-0.1, -0.05) is 42.5 Å². The molecule has 0 saturated carbocycles. The van der Waals surface area contributed by atoms with E-state index in [4.69, 9.17) is 9.47 Å². The number of ether oxygens (including phenoxy) is 2. The van der Waals surface area contributed by atoms with Gasteiger partial charge in [-0.05, 0) is 72.9 Å². The molecule has 3 aromatic rings. The second-order valence-electron chi connectivity index (χ2n) is 7.64. The number of fused-ring (bicyclic) bond motifs is 3. The predicted octanol–water partition coefficient (Wildman–Crippen LogP) is 6.70. The van der Waals surface area contributed by atoms with Crippen LogP contribution in [0.3, 0.4) is 0 Å². The Morgan fingerprint density at radius 1 is 0.897 bits per heavy atom. The average Bonchev–Trinajstić information content (AvgIpc) is 3.25. The van der Waals surface area contributed by atoms with Gasteiger partial charge in [-0.2, -0.15) is 0 Å². The van der Waals surface area contributed by atoms with E-state index < -0.39 is 0 Å². The summed E-state index contributed by atoms with van der Waals surface area (Å²) in [5.41, 5.74) is 3.82. The van der Waals surface area contributed by atoms with Gasteiger partial charge in [0, 0.05) is 11.6 Å². The summed E-state index contributed by atoms with van der Waals surface area (Å²) < 4.78 is 11.7. The van der Waals surface area contributed by atoms with Crippen LogP contribution in [-0.2, 0) is 0 Å². The fourth-order valence-corrected chi connectivity index (χ4v) is 4.53. The number of nitrogens with one attached hydrogen (secondary N) is 1. The second kappa shape index (κ2) is 7.67. The van der Waals surface area contributed by atoms with Crippen molar-refractivity contribution < 1.29 is 9.47 Å². The predicted molar refractivity (Wildman–Crippen MR) is 117 cm³/mol. The third-order valence-corrected chi connectivity index (χ3v) is 5.86. The minimum atomic E-state index is 0.291. The summed E-state index contributed by atoms with van der Waals surface area (Å²) in [6.45, 7) is 2.70. The van der Waals surface area contributed by atoms with E-state index >= 15 is 0 Å². The molecule has 0 amide bonds.